The molecule has 0 aromatic heterocycles. The number of hydrogen-bond donors (Lipinski definition) is 2. The number of aromatic hydroxyl groups is 1. The monoisotopic (exact) mass is 287 g/mol. The molecular weight excluding hydrogens is 265 g/mol. The van der Waals surface area contributed by atoms with Crippen LogP contribution in [0.2, 0.25) is 0 Å². The predicted molar refractivity (Wildman–Crippen MR) is 81.0 cm³/mol. The second kappa shape index (κ2) is 6.65. The lowest BCUT2D eigenvalue weighted by molar-refractivity contribution is 0.459. The van der Waals surface area contributed by atoms with Gasteiger partial charge in [-0.1, -0.05) is 39.0 Å². The molecule has 0 spiro atoms. The van der Waals surface area contributed by atoms with Gasteiger partial charge in [0.25, 0.3) is 0 Å². The third-order valence-corrected chi connectivity index (χ3v) is 4.53. The Labute approximate surface area is 114 Å². The van der Waals surface area contributed by atoms with E-state index in [0.29, 0.717) is 11.9 Å². The van der Waals surface area contributed by atoms with E-state index in [4.69, 9.17) is 0 Å². The number of para-hydroxylation sites is 1. The van der Waals surface area contributed by atoms with Crippen LogP contribution in [-0.4, -0.2) is 21.2 Å². The molecule has 0 bridgehead atoms. The maximum Gasteiger partial charge on any atom is 0.120 e. The molecule has 0 aliphatic carbocycles. The van der Waals surface area contributed by atoms with Crippen molar-refractivity contribution in [3.8, 4) is 5.75 Å². The first-order valence-electron chi connectivity index (χ1n) is 5.96. The van der Waals surface area contributed by atoms with Crippen LogP contribution in [0, 0.1) is 5.41 Å². The van der Waals surface area contributed by atoms with Crippen LogP contribution in [0.25, 0.3) is 0 Å². The van der Waals surface area contributed by atoms with Gasteiger partial charge in [0.05, 0.1) is 17.0 Å². The van der Waals surface area contributed by atoms with Gasteiger partial charge in [0.15, 0.2) is 0 Å². The van der Waals surface area contributed by atoms with Crippen molar-refractivity contribution >= 4 is 20.2 Å². The molecule has 5 heteroatoms. The topological polar surface area (TPSA) is 49.3 Å². The van der Waals surface area contributed by atoms with Crippen LogP contribution in [0.1, 0.15) is 32.4 Å². The zero-order valence-corrected chi connectivity index (χ0v) is 13.1. The molecule has 18 heavy (non-hydrogen) atoms. The minimum Gasteiger partial charge on any atom is -0.508 e. The summed E-state index contributed by atoms with van der Waals surface area (Å²) >= 11 is 0. The van der Waals surface area contributed by atoms with Crippen molar-refractivity contribution < 1.29 is 9.32 Å². The van der Waals surface area contributed by atoms with Gasteiger partial charge in [-0.25, -0.2) is 8.93 Å². The van der Waals surface area contributed by atoms with Crippen molar-refractivity contribution in [1.82, 2.24) is 4.72 Å². The van der Waals surface area contributed by atoms with Gasteiger partial charge in [-0.05, 0) is 17.6 Å². The van der Waals surface area contributed by atoms with E-state index in [1.165, 1.54) is 0 Å². The fourth-order valence-corrected chi connectivity index (χ4v) is 3.57. The largest absolute Gasteiger partial charge is 0.508 e. The molecule has 1 aromatic rings. The van der Waals surface area contributed by atoms with E-state index in [1.54, 1.807) is 12.1 Å². The number of phenols is 1. The average Bonchev–Trinajstić information content (AvgIpc) is 2.24. The summed E-state index contributed by atoms with van der Waals surface area (Å²) in [7, 11) is 1.52. The quantitative estimate of drug-likeness (QED) is 0.818. The molecule has 2 N–H and O–H groups in total. The molecule has 0 aliphatic rings. The van der Waals surface area contributed by atoms with Gasteiger partial charge in [-0.15, -0.1) is 9.24 Å². The van der Waals surface area contributed by atoms with Crippen molar-refractivity contribution in [1.29, 1.82) is 0 Å². The van der Waals surface area contributed by atoms with Gasteiger partial charge >= 0.3 is 0 Å². The highest BCUT2D eigenvalue weighted by Gasteiger charge is 2.19. The second-order valence-corrected chi connectivity index (χ2v) is 7.20. The minimum atomic E-state index is -1.10. The van der Waals surface area contributed by atoms with E-state index in [9.17, 15) is 9.32 Å². The lowest BCUT2D eigenvalue weighted by atomic mass is 10.0. The fourth-order valence-electron chi connectivity index (χ4n) is 1.61. The van der Waals surface area contributed by atoms with E-state index >= 15 is 0 Å². The molecule has 0 radical (unpaired) electrons. The van der Waals surface area contributed by atoms with Gasteiger partial charge in [-0.2, -0.15) is 0 Å². The summed E-state index contributed by atoms with van der Waals surface area (Å²) in [6, 6.07) is 7.04. The van der Waals surface area contributed by atoms with Crippen molar-refractivity contribution in [2.45, 2.75) is 26.8 Å². The summed E-state index contributed by atoms with van der Waals surface area (Å²) in [6.45, 7) is 6.17. The molecule has 102 valence electrons. The minimum absolute atomic E-state index is 0.0159. The lowest BCUT2D eigenvalue weighted by Crippen LogP contribution is -2.30. The van der Waals surface area contributed by atoms with Crippen molar-refractivity contribution in [2.24, 2.45) is 5.41 Å². The first-order valence-corrected chi connectivity index (χ1v) is 8.09. The molecule has 0 fully saturated rings. The van der Waals surface area contributed by atoms with E-state index in [2.05, 4.69) is 34.7 Å². The van der Waals surface area contributed by atoms with Gasteiger partial charge in [0, 0.05) is 11.3 Å². The zero-order chi connectivity index (χ0) is 13.8. The molecule has 0 amide bonds. The zero-order valence-electron chi connectivity index (χ0n) is 11.1. The number of hydrogen-bond acceptors (Lipinski definition) is 2. The average molecular weight is 287 g/mol. The number of nitrogens with one attached hydrogen (secondary N) is 1. The molecule has 3 nitrogen and oxygen atoms in total. The summed E-state index contributed by atoms with van der Waals surface area (Å²) in [5.74, 6) is 0.826. The Kier molecular flexibility index (Phi) is 5.77. The van der Waals surface area contributed by atoms with Crippen LogP contribution in [0.3, 0.4) is 0 Å². The Balaban J connectivity index is 2.74. The van der Waals surface area contributed by atoms with E-state index in [-0.39, 0.29) is 17.2 Å². The maximum atomic E-state index is 12.0. The van der Waals surface area contributed by atoms with E-state index in [0.717, 1.165) is 5.56 Å². The molecule has 0 heterocycles. The number of phenolic OH excluding ortho intramolecular Hbond substituents is 1. The Morgan fingerprint density at radius 2 is 2.00 bits per heavy atom. The smallest absolute Gasteiger partial charge is 0.120 e. The highest BCUT2D eigenvalue weighted by Crippen LogP contribution is 2.26. The molecule has 0 saturated carbocycles. The van der Waals surface area contributed by atoms with E-state index < -0.39 is 11.0 Å². The molecule has 2 unspecified atom stereocenters. The summed E-state index contributed by atoms with van der Waals surface area (Å²) in [5.41, 5.74) is 0.803. The predicted octanol–water partition coefficient (Wildman–Crippen LogP) is 2.61. The van der Waals surface area contributed by atoms with Gasteiger partial charge in [0.1, 0.15) is 5.75 Å². The second-order valence-electron chi connectivity index (χ2n) is 5.52. The standard InChI is InChI=1S/C13H22NO2PS/c1-13(2,3)9-18(16)14-11(8-17)10-6-4-5-7-12(10)15/h4-7,11,14-15H,8-9,17H2,1-3H3/t11-,18?/m1/s1. The SMILES string of the molecule is CC(C)(C)CS(=O)N[C@H](CP)c1ccccc1O. The van der Waals surface area contributed by atoms with Crippen molar-refractivity contribution in [3.63, 3.8) is 0 Å². The Morgan fingerprint density at radius 1 is 1.39 bits per heavy atom. The van der Waals surface area contributed by atoms with Crippen LogP contribution in [0.4, 0.5) is 0 Å². The normalized spacial score (nSPS) is 15.3. The maximum absolute atomic E-state index is 12.0. The number of rotatable bonds is 5. The molecule has 0 saturated heterocycles. The summed E-state index contributed by atoms with van der Waals surface area (Å²) in [6.07, 6.45) is 0.702. The van der Waals surface area contributed by atoms with Crippen LogP contribution >= 0.6 is 9.24 Å². The number of benzene rings is 1. The molecule has 3 atom stereocenters. The van der Waals surface area contributed by atoms with Gasteiger partial charge in [0.2, 0.25) is 0 Å². The van der Waals surface area contributed by atoms with Gasteiger partial charge < -0.3 is 5.11 Å². The van der Waals surface area contributed by atoms with Crippen LogP contribution in [0.5, 0.6) is 5.75 Å². The highest BCUT2D eigenvalue weighted by molar-refractivity contribution is 7.83. The highest BCUT2D eigenvalue weighted by atomic mass is 32.2. The molecule has 0 aliphatic heterocycles. The Morgan fingerprint density at radius 3 is 2.50 bits per heavy atom. The lowest BCUT2D eigenvalue weighted by Gasteiger charge is -2.22. The van der Waals surface area contributed by atoms with Crippen LogP contribution in [0.15, 0.2) is 24.3 Å². The van der Waals surface area contributed by atoms with Gasteiger partial charge in [-0.3, -0.25) is 0 Å². The third kappa shape index (κ3) is 5.05. The first kappa shape index (κ1) is 15.6. The molecular formula is C13H22NO2PS. The Hall–Kier alpha value is -0.440. The van der Waals surface area contributed by atoms with E-state index in [1.807, 2.05) is 12.1 Å². The molecule has 1 aromatic carbocycles. The van der Waals surface area contributed by atoms with Crippen LogP contribution < -0.4 is 4.72 Å². The van der Waals surface area contributed by atoms with Crippen molar-refractivity contribution in [2.75, 3.05) is 11.9 Å². The first-order chi connectivity index (χ1) is 8.33. The third-order valence-electron chi connectivity index (χ3n) is 2.39. The summed E-state index contributed by atoms with van der Waals surface area (Å²) in [4.78, 5) is 0. The van der Waals surface area contributed by atoms with Crippen LogP contribution in [-0.2, 0) is 11.0 Å². The fraction of sp³-hybridized carbons (Fsp3) is 0.538. The summed E-state index contributed by atoms with van der Waals surface area (Å²) < 4.78 is 15.1. The summed E-state index contributed by atoms with van der Waals surface area (Å²) in [5, 5.41) is 9.81. The Bertz CT molecular complexity index is 418. The molecule has 1 rings (SSSR count). The van der Waals surface area contributed by atoms with Crippen molar-refractivity contribution in [3.05, 3.63) is 29.8 Å².